The Morgan fingerprint density at radius 1 is 0.595 bits per heavy atom. The van der Waals surface area contributed by atoms with Gasteiger partial charge in [-0.15, -0.1) is 0 Å². The standard InChI is InChI=1S/C34H37O7P/c1-42(35,39-25-30-20-12-5-13-21-30)41-34-33(38-24-29-18-10-4-11-19-29)32(37-23-28-16-8-3-9-17-28)31(40-34)26-36-22-27-14-6-2-7-15-27/h2-21,31-34H,22-26H2,1H3/t31-,32-,33-,34+,42?/m1/s1. The van der Waals surface area contributed by atoms with Gasteiger partial charge in [0.15, 0.2) is 6.29 Å². The van der Waals surface area contributed by atoms with E-state index in [-0.39, 0.29) is 13.2 Å². The first-order chi connectivity index (χ1) is 20.6. The van der Waals surface area contributed by atoms with E-state index < -0.39 is 32.2 Å². The van der Waals surface area contributed by atoms with Gasteiger partial charge in [-0.05, 0) is 22.3 Å². The molecular weight excluding hydrogens is 551 g/mol. The smallest absolute Gasteiger partial charge is 0.330 e. The SMILES string of the molecule is CP(=O)(OCc1ccccc1)O[C@@H]1O[C@H](COCc2ccccc2)[C@@H](OCc2ccccc2)[C@H]1OCc1ccccc1. The third kappa shape index (κ3) is 9.18. The second kappa shape index (κ2) is 15.4. The molecular formula is C34H37O7P. The van der Waals surface area contributed by atoms with E-state index in [1.807, 2.05) is 121 Å². The highest BCUT2D eigenvalue weighted by molar-refractivity contribution is 7.52. The first-order valence-electron chi connectivity index (χ1n) is 14.1. The molecule has 0 aromatic heterocycles. The Morgan fingerprint density at radius 2 is 1.02 bits per heavy atom. The van der Waals surface area contributed by atoms with Crippen LogP contribution in [0.25, 0.3) is 0 Å². The van der Waals surface area contributed by atoms with Crippen molar-refractivity contribution in [3.63, 3.8) is 0 Å². The zero-order valence-corrected chi connectivity index (χ0v) is 24.6. The fourth-order valence-corrected chi connectivity index (χ4v) is 5.67. The van der Waals surface area contributed by atoms with E-state index in [9.17, 15) is 4.57 Å². The maximum Gasteiger partial charge on any atom is 0.330 e. The average Bonchev–Trinajstić information content (AvgIpc) is 3.34. The van der Waals surface area contributed by atoms with E-state index in [2.05, 4.69) is 0 Å². The molecule has 1 saturated heterocycles. The maximum absolute atomic E-state index is 13.5. The van der Waals surface area contributed by atoms with Gasteiger partial charge in [0.05, 0.1) is 33.0 Å². The van der Waals surface area contributed by atoms with Crippen molar-refractivity contribution in [1.82, 2.24) is 0 Å². The molecule has 0 bridgehead atoms. The molecule has 4 aromatic rings. The van der Waals surface area contributed by atoms with Crippen molar-refractivity contribution in [3.8, 4) is 0 Å². The quantitative estimate of drug-likeness (QED) is 0.137. The van der Waals surface area contributed by atoms with Crippen LogP contribution in [0.5, 0.6) is 0 Å². The Morgan fingerprint density at radius 3 is 1.52 bits per heavy atom. The number of rotatable bonds is 15. The molecule has 1 aliphatic heterocycles. The van der Waals surface area contributed by atoms with E-state index >= 15 is 0 Å². The molecule has 0 N–H and O–H groups in total. The van der Waals surface area contributed by atoms with Crippen LogP contribution in [0.2, 0.25) is 0 Å². The normalized spacial score (nSPS) is 21.6. The zero-order chi connectivity index (χ0) is 29.0. The third-order valence-corrected chi connectivity index (χ3v) is 8.02. The summed E-state index contributed by atoms with van der Waals surface area (Å²) in [4.78, 5) is 0. The monoisotopic (exact) mass is 588 g/mol. The lowest BCUT2D eigenvalue weighted by atomic mass is 10.1. The van der Waals surface area contributed by atoms with Crippen LogP contribution in [-0.2, 0) is 59.0 Å². The highest BCUT2D eigenvalue weighted by Gasteiger charge is 2.49. The summed E-state index contributed by atoms with van der Waals surface area (Å²) in [5.74, 6) is 0. The van der Waals surface area contributed by atoms with Gasteiger partial charge in [0, 0.05) is 6.66 Å². The van der Waals surface area contributed by atoms with E-state index in [0.717, 1.165) is 22.3 Å². The summed E-state index contributed by atoms with van der Waals surface area (Å²) in [6, 6.07) is 39.2. The molecule has 1 unspecified atom stereocenters. The van der Waals surface area contributed by atoms with Crippen LogP contribution in [0, 0.1) is 0 Å². The Kier molecular flexibility index (Phi) is 11.1. The molecule has 0 spiro atoms. The summed E-state index contributed by atoms with van der Waals surface area (Å²) in [6.45, 7) is 2.89. The molecule has 0 radical (unpaired) electrons. The maximum atomic E-state index is 13.5. The van der Waals surface area contributed by atoms with Gasteiger partial charge in [-0.25, -0.2) is 0 Å². The summed E-state index contributed by atoms with van der Waals surface area (Å²) in [6.07, 6.45) is -2.76. The molecule has 4 aromatic carbocycles. The lowest BCUT2D eigenvalue weighted by Crippen LogP contribution is -2.39. The lowest BCUT2D eigenvalue weighted by molar-refractivity contribution is -0.142. The molecule has 0 saturated carbocycles. The molecule has 1 aliphatic rings. The van der Waals surface area contributed by atoms with Gasteiger partial charge in [-0.1, -0.05) is 121 Å². The van der Waals surface area contributed by atoms with Gasteiger partial charge in [-0.3, -0.25) is 9.09 Å². The summed E-state index contributed by atoms with van der Waals surface area (Å²) in [5.41, 5.74) is 3.94. The highest BCUT2D eigenvalue weighted by atomic mass is 31.2. The Labute approximate surface area is 247 Å². The van der Waals surface area contributed by atoms with Crippen molar-refractivity contribution in [2.24, 2.45) is 0 Å². The van der Waals surface area contributed by atoms with Gasteiger partial charge in [-0.2, -0.15) is 0 Å². The van der Waals surface area contributed by atoms with E-state index in [1.54, 1.807) is 0 Å². The van der Waals surface area contributed by atoms with Gasteiger partial charge >= 0.3 is 7.60 Å². The van der Waals surface area contributed by atoms with E-state index in [1.165, 1.54) is 6.66 Å². The van der Waals surface area contributed by atoms with Crippen molar-refractivity contribution in [1.29, 1.82) is 0 Å². The fraction of sp³-hybridized carbons (Fsp3) is 0.294. The van der Waals surface area contributed by atoms with Crippen LogP contribution in [0.3, 0.4) is 0 Å². The Hall–Kier alpha value is -3.13. The fourth-order valence-electron chi connectivity index (χ4n) is 4.67. The average molecular weight is 589 g/mol. The first kappa shape index (κ1) is 30.3. The van der Waals surface area contributed by atoms with Crippen LogP contribution in [0.1, 0.15) is 22.3 Å². The Bertz CT molecular complexity index is 1370. The molecule has 1 heterocycles. The molecule has 0 aliphatic carbocycles. The molecule has 42 heavy (non-hydrogen) atoms. The van der Waals surface area contributed by atoms with Crippen molar-refractivity contribution in [2.45, 2.75) is 51.0 Å². The predicted molar refractivity (Wildman–Crippen MR) is 161 cm³/mol. The van der Waals surface area contributed by atoms with Crippen LogP contribution in [-0.4, -0.2) is 37.9 Å². The summed E-state index contributed by atoms with van der Waals surface area (Å²) in [7, 11) is -3.55. The van der Waals surface area contributed by atoms with E-state index in [4.69, 9.17) is 28.0 Å². The van der Waals surface area contributed by atoms with Gasteiger partial charge in [0.1, 0.15) is 18.3 Å². The summed E-state index contributed by atoms with van der Waals surface area (Å²) < 4.78 is 50.5. The number of hydrogen-bond acceptors (Lipinski definition) is 7. The van der Waals surface area contributed by atoms with Crippen molar-refractivity contribution < 1.29 is 32.6 Å². The third-order valence-electron chi connectivity index (χ3n) is 6.84. The van der Waals surface area contributed by atoms with Crippen LogP contribution < -0.4 is 0 Å². The Balaban J connectivity index is 1.32. The molecule has 5 atom stereocenters. The molecule has 1 fully saturated rings. The van der Waals surface area contributed by atoms with Gasteiger partial charge < -0.3 is 23.5 Å². The largest absolute Gasteiger partial charge is 0.374 e. The van der Waals surface area contributed by atoms with E-state index in [0.29, 0.717) is 19.8 Å². The minimum absolute atomic E-state index is 0.147. The van der Waals surface area contributed by atoms with Gasteiger partial charge in [0.25, 0.3) is 0 Å². The number of ether oxygens (including phenoxy) is 4. The second-order valence-corrected chi connectivity index (χ2v) is 12.2. The van der Waals surface area contributed by atoms with Crippen LogP contribution >= 0.6 is 7.60 Å². The summed E-state index contributed by atoms with van der Waals surface area (Å²) >= 11 is 0. The van der Waals surface area contributed by atoms with Crippen LogP contribution in [0.15, 0.2) is 121 Å². The number of hydrogen-bond donors (Lipinski definition) is 0. The van der Waals surface area contributed by atoms with Crippen molar-refractivity contribution in [2.75, 3.05) is 13.3 Å². The molecule has 7 nitrogen and oxygen atoms in total. The zero-order valence-electron chi connectivity index (χ0n) is 23.7. The van der Waals surface area contributed by atoms with Crippen molar-refractivity contribution >= 4 is 7.60 Å². The first-order valence-corrected chi connectivity index (χ1v) is 16.1. The highest BCUT2D eigenvalue weighted by Crippen LogP contribution is 2.49. The molecule has 8 heteroatoms. The lowest BCUT2D eigenvalue weighted by Gasteiger charge is -2.26. The number of benzene rings is 4. The van der Waals surface area contributed by atoms with Gasteiger partial charge in [0.2, 0.25) is 0 Å². The molecule has 5 rings (SSSR count). The second-order valence-electron chi connectivity index (χ2n) is 10.2. The molecule has 220 valence electrons. The minimum Gasteiger partial charge on any atom is -0.374 e. The van der Waals surface area contributed by atoms with Crippen LogP contribution in [0.4, 0.5) is 0 Å². The minimum atomic E-state index is -3.55. The summed E-state index contributed by atoms with van der Waals surface area (Å²) in [5, 5.41) is 0. The molecule has 0 amide bonds. The topological polar surface area (TPSA) is 72.5 Å². The van der Waals surface area contributed by atoms with Crippen molar-refractivity contribution in [3.05, 3.63) is 144 Å². The predicted octanol–water partition coefficient (Wildman–Crippen LogP) is 7.16.